The SMILES string of the molecule is CN1CCOC(CNC(=O)CC2(N)CCCCC2)C1. The predicted molar refractivity (Wildman–Crippen MR) is 74.9 cm³/mol. The van der Waals surface area contributed by atoms with E-state index in [0.717, 1.165) is 45.4 Å². The highest BCUT2D eigenvalue weighted by Gasteiger charge is 2.30. The Morgan fingerprint density at radius 3 is 2.84 bits per heavy atom. The molecule has 5 heteroatoms. The Morgan fingerprint density at radius 1 is 1.42 bits per heavy atom. The van der Waals surface area contributed by atoms with Gasteiger partial charge in [0.05, 0.1) is 12.7 Å². The van der Waals surface area contributed by atoms with Gasteiger partial charge in [0, 0.05) is 31.6 Å². The number of nitrogens with one attached hydrogen (secondary N) is 1. The zero-order chi connectivity index (χ0) is 13.7. The largest absolute Gasteiger partial charge is 0.374 e. The highest BCUT2D eigenvalue weighted by molar-refractivity contribution is 5.77. The summed E-state index contributed by atoms with van der Waals surface area (Å²) in [7, 11) is 2.08. The number of carbonyl (C=O) groups excluding carboxylic acids is 1. The summed E-state index contributed by atoms with van der Waals surface area (Å²) in [4.78, 5) is 14.2. The predicted octanol–water partition coefficient (Wildman–Crippen LogP) is 0.485. The molecule has 1 heterocycles. The normalized spacial score (nSPS) is 28.0. The fraction of sp³-hybridized carbons (Fsp3) is 0.929. The second kappa shape index (κ2) is 6.68. The van der Waals surface area contributed by atoms with Crippen LogP contribution in [0.2, 0.25) is 0 Å². The number of hydrogen-bond donors (Lipinski definition) is 2. The molecule has 0 spiro atoms. The Labute approximate surface area is 115 Å². The van der Waals surface area contributed by atoms with E-state index in [0.29, 0.717) is 13.0 Å². The summed E-state index contributed by atoms with van der Waals surface area (Å²) in [6.07, 6.45) is 6.08. The zero-order valence-corrected chi connectivity index (χ0v) is 12.0. The van der Waals surface area contributed by atoms with Gasteiger partial charge in [-0.1, -0.05) is 19.3 Å². The number of ether oxygens (including phenoxy) is 1. The summed E-state index contributed by atoms with van der Waals surface area (Å²) in [5, 5.41) is 2.97. The molecule has 0 aromatic heterocycles. The Morgan fingerprint density at radius 2 is 2.16 bits per heavy atom. The fourth-order valence-corrected chi connectivity index (χ4v) is 3.03. The lowest BCUT2D eigenvalue weighted by Crippen LogP contribution is -2.49. The molecule has 1 amide bonds. The van der Waals surface area contributed by atoms with Crippen LogP contribution in [0.15, 0.2) is 0 Å². The first-order valence-corrected chi connectivity index (χ1v) is 7.43. The second-order valence-corrected chi connectivity index (χ2v) is 6.16. The van der Waals surface area contributed by atoms with E-state index in [1.807, 2.05) is 0 Å². The summed E-state index contributed by atoms with van der Waals surface area (Å²) < 4.78 is 5.63. The molecule has 0 radical (unpaired) electrons. The molecular weight excluding hydrogens is 242 g/mol. The number of nitrogens with two attached hydrogens (primary N) is 1. The summed E-state index contributed by atoms with van der Waals surface area (Å²) in [6.45, 7) is 3.20. The Hall–Kier alpha value is -0.650. The Bertz CT molecular complexity index is 303. The smallest absolute Gasteiger partial charge is 0.221 e. The molecule has 2 fully saturated rings. The van der Waals surface area contributed by atoms with E-state index in [9.17, 15) is 4.79 Å². The number of carbonyl (C=O) groups is 1. The molecule has 19 heavy (non-hydrogen) atoms. The molecule has 0 bridgehead atoms. The van der Waals surface area contributed by atoms with Crippen LogP contribution >= 0.6 is 0 Å². The van der Waals surface area contributed by atoms with E-state index in [1.165, 1.54) is 6.42 Å². The van der Waals surface area contributed by atoms with E-state index >= 15 is 0 Å². The molecule has 3 N–H and O–H groups in total. The molecule has 5 nitrogen and oxygen atoms in total. The monoisotopic (exact) mass is 269 g/mol. The molecule has 2 aliphatic rings. The summed E-state index contributed by atoms with van der Waals surface area (Å²) in [5.41, 5.74) is 6.02. The van der Waals surface area contributed by atoms with Crippen molar-refractivity contribution < 1.29 is 9.53 Å². The molecule has 1 saturated heterocycles. The van der Waals surface area contributed by atoms with E-state index in [4.69, 9.17) is 10.5 Å². The molecule has 110 valence electrons. The third-order valence-corrected chi connectivity index (χ3v) is 4.23. The summed E-state index contributed by atoms with van der Waals surface area (Å²) in [5.74, 6) is 0.0706. The fourth-order valence-electron chi connectivity index (χ4n) is 3.03. The van der Waals surface area contributed by atoms with E-state index in [-0.39, 0.29) is 17.6 Å². The van der Waals surface area contributed by atoms with Crippen molar-refractivity contribution >= 4 is 5.91 Å². The van der Waals surface area contributed by atoms with Crippen molar-refractivity contribution in [2.75, 3.05) is 33.3 Å². The first-order valence-electron chi connectivity index (χ1n) is 7.43. The van der Waals surface area contributed by atoms with Gasteiger partial charge in [0.15, 0.2) is 0 Å². The van der Waals surface area contributed by atoms with Gasteiger partial charge >= 0.3 is 0 Å². The molecule has 1 aliphatic heterocycles. The molecule has 1 aliphatic carbocycles. The average molecular weight is 269 g/mol. The maximum Gasteiger partial charge on any atom is 0.221 e. The highest BCUT2D eigenvalue weighted by atomic mass is 16.5. The van der Waals surface area contributed by atoms with Crippen molar-refractivity contribution in [3.63, 3.8) is 0 Å². The van der Waals surface area contributed by atoms with Crippen molar-refractivity contribution in [3.05, 3.63) is 0 Å². The quantitative estimate of drug-likeness (QED) is 0.779. The molecule has 1 saturated carbocycles. The van der Waals surface area contributed by atoms with Crippen molar-refractivity contribution in [1.82, 2.24) is 10.2 Å². The maximum absolute atomic E-state index is 12.0. The van der Waals surface area contributed by atoms with E-state index in [1.54, 1.807) is 0 Å². The Kier molecular flexibility index (Phi) is 5.19. The van der Waals surface area contributed by atoms with Crippen LogP contribution in [-0.4, -0.2) is 55.7 Å². The van der Waals surface area contributed by atoms with Gasteiger partial charge in [0.1, 0.15) is 0 Å². The van der Waals surface area contributed by atoms with Gasteiger partial charge in [-0.05, 0) is 19.9 Å². The van der Waals surface area contributed by atoms with Crippen LogP contribution < -0.4 is 11.1 Å². The van der Waals surface area contributed by atoms with E-state index < -0.39 is 0 Å². The molecule has 0 aromatic rings. The molecule has 1 atom stereocenters. The van der Waals surface area contributed by atoms with Gasteiger partial charge in [-0.15, -0.1) is 0 Å². The minimum Gasteiger partial charge on any atom is -0.374 e. The topological polar surface area (TPSA) is 67.6 Å². The number of amides is 1. The van der Waals surface area contributed by atoms with Crippen molar-refractivity contribution in [2.45, 2.75) is 50.2 Å². The van der Waals surface area contributed by atoms with E-state index in [2.05, 4.69) is 17.3 Å². The van der Waals surface area contributed by atoms with Crippen LogP contribution in [0.5, 0.6) is 0 Å². The molecule has 0 aromatic carbocycles. The minimum atomic E-state index is -0.271. The second-order valence-electron chi connectivity index (χ2n) is 6.16. The molecule has 2 rings (SSSR count). The number of morpholine rings is 1. The van der Waals surface area contributed by atoms with Gasteiger partial charge in [-0.2, -0.15) is 0 Å². The van der Waals surface area contributed by atoms with Gasteiger partial charge < -0.3 is 20.7 Å². The van der Waals surface area contributed by atoms with Gasteiger partial charge in [0.25, 0.3) is 0 Å². The molecular formula is C14H27N3O2. The minimum absolute atomic E-state index is 0.0706. The van der Waals surface area contributed by atoms with Crippen LogP contribution in [0, 0.1) is 0 Å². The third kappa shape index (κ3) is 4.75. The molecule has 1 unspecified atom stereocenters. The first kappa shape index (κ1) is 14.8. The van der Waals surface area contributed by atoms with Gasteiger partial charge in [-0.3, -0.25) is 4.79 Å². The lowest BCUT2D eigenvalue weighted by atomic mass is 9.80. The lowest BCUT2D eigenvalue weighted by Gasteiger charge is -2.33. The van der Waals surface area contributed by atoms with Gasteiger partial charge in [-0.25, -0.2) is 0 Å². The van der Waals surface area contributed by atoms with Crippen LogP contribution in [-0.2, 0) is 9.53 Å². The number of likely N-dealkylation sites (N-methyl/N-ethyl adjacent to an activating group) is 1. The van der Waals surface area contributed by atoms with Crippen LogP contribution in [0.4, 0.5) is 0 Å². The number of hydrogen-bond acceptors (Lipinski definition) is 4. The summed E-state index contributed by atoms with van der Waals surface area (Å²) >= 11 is 0. The van der Waals surface area contributed by atoms with Crippen molar-refractivity contribution in [2.24, 2.45) is 5.73 Å². The van der Waals surface area contributed by atoms with Crippen LogP contribution in [0.3, 0.4) is 0 Å². The number of rotatable bonds is 4. The van der Waals surface area contributed by atoms with Crippen molar-refractivity contribution in [1.29, 1.82) is 0 Å². The average Bonchev–Trinajstić information content (AvgIpc) is 2.37. The zero-order valence-electron chi connectivity index (χ0n) is 12.0. The summed E-state index contributed by atoms with van der Waals surface area (Å²) in [6, 6.07) is 0. The maximum atomic E-state index is 12.0. The van der Waals surface area contributed by atoms with Crippen LogP contribution in [0.1, 0.15) is 38.5 Å². The van der Waals surface area contributed by atoms with Gasteiger partial charge in [0.2, 0.25) is 5.91 Å². The Balaban J connectivity index is 1.69. The third-order valence-electron chi connectivity index (χ3n) is 4.23. The highest BCUT2D eigenvalue weighted by Crippen LogP contribution is 2.28. The lowest BCUT2D eigenvalue weighted by molar-refractivity contribution is -0.123. The standard InChI is InChI=1S/C14H27N3O2/c1-17-7-8-19-12(11-17)10-16-13(18)9-14(15)5-3-2-4-6-14/h12H,2-11,15H2,1H3,(H,16,18). The van der Waals surface area contributed by atoms with Crippen molar-refractivity contribution in [3.8, 4) is 0 Å². The first-order chi connectivity index (χ1) is 9.07. The van der Waals surface area contributed by atoms with Crippen LogP contribution in [0.25, 0.3) is 0 Å². The number of nitrogens with zero attached hydrogens (tertiary/aromatic N) is 1.